The third-order valence-electron chi connectivity index (χ3n) is 2.81. The third-order valence-corrected chi connectivity index (χ3v) is 5.17. The molecule has 0 spiro atoms. The number of carbonyl (C=O) groups excluding carboxylic acids is 1. The molecule has 0 fully saturated rings. The van der Waals surface area contributed by atoms with Gasteiger partial charge in [0.2, 0.25) is 0 Å². The van der Waals surface area contributed by atoms with Gasteiger partial charge in [-0.1, -0.05) is 39.0 Å². The molecule has 1 aromatic carbocycles. The van der Waals surface area contributed by atoms with Crippen molar-refractivity contribution in [1.29, 1.82) is 0 Å². The zero-order valence-corrected chi connectivity index (χ0v) is 13.9. The van der Waals surface area contributed by atoms with Gasteiger partial charge < -0.3 is 0 Å². The van der Waals surface area contributed by atoms with Crippen LogP contribution in [0.3, 0.4) is 0 Å². The summed E-state index contributed by atoms with van der Waals surface area (Å²) in [7, 11) is 0. The molecular formula is C16H19NOS2. The number of Topliss-reactive ketones (excluding diaryl/α,β-unsaturated/α-hetero) is 1. The van der Waals surface area contributed by atoms with Gasteiger partial charge in [0.05, 0.1) is 16.3 Å². The van der Waals surface area contributed by atoms with Gasteiger partial charge in [-0.05, 0) is 12.1 Å². The normalized spacial score (nSPS) is 11.6. The number of rotatable bonds is 4. The van der Waals surface area contributed by atoms with Crippen molar-refractivity contribution in [3.8, 4) is 0 Å². The summed E-state index contributed by atoms with van der Waals surface area (Å²) in [6.07, 6.45) is 0. The van der Waals surface area contributed by atoms with Gasteiger partial charge in [0.1, 0.15) is 5.01 Å². The van der Waals surface area contributed by atoms with Crippen LogP contribution in [-0.2, 0) is 11.2 Å². The van der Waals surface area contributed by atoms with Crippen molar-refractivity contribution in [2.24, 2.45) is 0 Å². The van der Waals surface area contributed by atoms with Crippen LogP contribution in [0.2, 0.25) is 0 Å². The highest BCUT2D eigenvalue weighted by Crippen LogP contribution is 2.32. The minimum atomic E-state index is -0.0901. The Bertz CT molecular complexity index is 597. The molecule has 0 bridgehead atoms. The van der Waals surface area contributed by atoms with E-state index in [1.165, 1.54) is 16.2 Å². The summed E-state index contributed by atoms with van der Waals surface area (Å²) in [6, 6.07) is 10.3. The van der Waals surface area contributed by atoms with Gasteiger partial charge in [-0.3, -0.25) is 4.79 Å². The molecule has 0 atom stereocenters. The van der Waals surface area contributed by atoms with Crippen molar-refractivity contribution in [2.45, 2.75) is 43.8 Å². The number of thiazole rings is 1. The average molecular weight is 305 g/mol. The van der Waals surface area contributed by atoms with E-state index in [2.05, 4.69) is 32.9 Å². The van der Waals surface area contributed by atoms with Crippen LogP contribution in [0.1, 0.15) is 48.1 Å². The lowest BCUT2D eigenvalue weighted by Crippen LogP contribution is -2.15. The first-order chi connectivity index (χ1) is 9.38. The highest BCUT2D eigenvalue weighted by Gasteiger charge is 2.25. The Labute approximate surface area is 128 Å². The lowest BCUT2D eigenvalue weighted by molar-refractivity contribution is 0.101. The first kappa shape index (κ1) is 15.3. The zero-order valence-electron chi connectivity index (χ0n) is 12.3. The van der Waals surface area contributed by atoms with E-state index in [-0.39, 0.29) is 11.2 Å². The maximum atomic E-state index is 11.8. The molecule has 106 valence electrons. The number of hydrogen-bond acceptors (Lipinski definition) is 4. The molecule has 20 heavy (non-hydrogen) atoms. The monoisotopic (exact) mass is 305 g/mol. The van der Waals surface area contributed by atoms with Crippen molar-refractivity contribution in [2.75, 3.05) is 0 Å². The largest absolute Gasteiger partial charge is 0.294 e. The van der Waals surface area contributed by atoms with E-state index in [1.54, 1.807) is 18.7 Å². The van der Waals surface area contributed by atoms with Crippen LogP contribution in [0.25, 0.3) is 0 Å². The molecule has 0 saturated heterocycles. The fraction of sp³-hybridized carbons (Fsp3) is 0.375. The summed E-state index contributed by atoms with van der Waals surface area (Å²) in [4.78, 5) is 18.5. The molecule has 1 aromatic heterocycles. The molecule has 0 radical (unpaired) electrons. The maximum absolute atomic E-state index is 11.8. The Morgan fingerprint density at radius 2 is 1.90 bits per heavy atom. The molecule has 2 aromatic rings. The summed E-state index contributed by atoms with van der Waals surface area (Å²) in [6.45, 7) is 7.92. The van der Waals surface area contributed by atoms with Crippen LogP contribution in [0.4, 0.5) is 0 Å². The molecule has 0 saturated carbocycles. The first-order valence-electron chi connectivity index (χ1n) is 6.57. The van der Waals surface area contributed by atoms with Gasteiger partial charge in [0, 0.05) is 17.2 Å². The predicted molar refractivity (Wildman–Crippen MR) is 86.8 cm³/mol. The molecule has 2 rings (SSSR count). The molecule has 0 aliphatic carbocycles. The van der Waals surface area contributed by atoms with Gasteiger partial charge >= 0.3 is 0 Å². The molecule has 4 heteroatoms. The second kappa shape index (κ2) is 6.10. The van der Waals surface area contributed by atoms with Gasteiger partial charge in [-0.25, -0.2) is 4.98 Å². The van der Waals surface area contributed by atoms with Gasteiger partial charge in [0.15, 0.2) is 5.78 Å². The minimum Gasteiger partial charge on any atom is -0.294 e. The molecule has 0 N–H and O–H groups in total. The fourth-order valence-corrected chi connectivity index (χ4v) is 3.92. The molecule has 2 nitrogen and oxygen atoms in total. The van der Waals surface area contributed by atoms with Crippen LogP contribution in [0.15, 0.2) is 35.2 Å². The molecular weight excluding hydrogens is 286 g/mol. The van der Waals surface area contributed by atoms with Crippen LogP contribution >= 0.6 is 23.1 Å². The summed E-state index contributed by atoms with van der Waals surface area (Å²) in [5.41, 5.74) is 0.839. The van der Waals surface area contributed by atoms with Crippen molar-refractivity contribution in [1.82, 2.24) is 4.98 Å². The predicted octanol–water partition coefficient (Wildman–Crippen LogP) is 4.94. The summed E-state index contributed by atoms with van der Waals surface area (Å²) in [5, 5.41) is 1.02. The van der Waals surface area contributed by atoms with Crippen molar-refractivity contribution >= 4 is 28.9 Å². The number of nitrogens with zero attached hydrogens (tertiary/aromatic N) is 1. The lowest BCUT2D eigenvalue weighted by Gasteiger charge is -2.16. The number of aromatic nitrogens is 1. The lowest BCUT2D eigenvalue weighted by atomic mass is 9.91. The van der Waals surface area contributed by atoms with Crippen LogP contribution in [0.5, 0.6) is 0 Å². The third kappa shape index (κ3) is 3.70. The average Bonchev–Trinajstić information content (AvgIpc) is 2.82. The fourth-order valence-electron chi connectivity index (χ4n) is 1.83. The number of ketones is 1. The molecule has 0 aliphatic rings. The highest BCUT2D eigenvalue weighted by molar-refractivity contribution is 7.98. The van der Waals surface area contributed by atoms with Gasteiger partial charge in [-0.2, -0.15) is 0 Å². The topological polar surface area (TPSA) is 30.0 Å². The van der Waals surface area contributed by atoms with E-state index in [0.717, 1.165) is 21.3 Å². The Morgan fingerprint density at radius 3 is 2.40 bits per heavy atom. The second-order valence-electron chi connectivity index (χ2n) is 5.69. The van der Waals surface area contributed by atoms with Crippen molar-refractivity contribution < 1.29 is 4.79 Å². The van der Waals surface area contributed by atoms with Gasteiger partial charge in [0.25, 0.3) is 0 Å². The smallest absolute Gasteiger partial charge is 0.171 e. The molecule has 1 heterocycles. The number of thioether (sulfide) groups is 1. The van der Waals surface area contributed by atoms with Crippen LogP contribution in [0, 0.1) is 0 Å². The SMILES string of the molecule is CC(=O)c1sc(CSc2ccccc2)nc1C(C)(C)C. The Kier molecular flexibility index (Phi) is 4.66. The second-order valence-corrected chi connectivity index (χ2v) is 7.83. The van der Waals surface area contributed by atoms with Crippen molar-refractivity contribution in [3.63, 3.8) is 0 Å². The van der Waals surface area contributed by atoms with Crippen LogP contribution in [-0.4, -0.2) is 10.8 Å². The Hall–Kier alpha value is -1.13. The number of hydrogen-bond donors (Lipinski definition) is 0. The molecule has 0 amide bonds. The zero-order chi connectivity index (χ0) is 14.8. The number of carbonyl (C=O) groups is 1. The Morgan fingerprint density at radius 1 is 1.25 bits per heavy atom. The van der Waals surface area contributed by atoms with Gasteiger partial charge in [-0.15, -0.1) is 23.1 Å². The van der Waals surface area contributed by atoms with Crippen molar-refractivity contribution in [3.05, 3.63) is 45.9 Å². The summed E-state index contributed by atoms with van der Waals surface area (Å²) < 4.78 is 0. The van der Waals surface area contributed by atoms with E-state index < -0.39 is 0 Å². The summed E-state index contributed by atoms with van der Waals surface area (Å²) >= 11 is 3.29. The van der Waals surface area contributed by atoms with E-state index in [4.69, 9.17) is 4.98 Å². The Balaban J connectivity index is 2.19. The standard InChI is InChI=1S/C16H19NOS2/c1-11(18)14-15(16(2,3)4)17-13(20-14)10-19-12-8-6-5-7-9-12/h5-9H,10H2,1-4H3. The van der Waals surface area contributed by atoms with E-state index in [9.17, 15) is 4.79 Å². The van der Waals surface area contributed by atoms with E-state index in [0.29, 0.717) is 0 Å². The summed E-state index contributed by atoms with van der Waals surface area (Å²) in [5.74, 6) is 0.925. The van der Waals surface area contributed by atoms with Crippen LogP contribution < -0.4 is 0 Å². The first-order valence-corrected chi connectivity index (χ1v) is 8.37. The number of benzene rings is 1. The molecule has 0 aliphatic heterocycles. The van der Waals surface area contributed by atoms with E-state index >= 15 is 0 Å². The van der Waals surface area contributed by atoms with E-state index in [1.807, 2.05) is 18.2 Å². The highest BCUT2D eigenvalue weighted by atomic mass is 32.2. The molecule has 0 unspecified atom stereocenters. The quantitative estimate of drug-likeness (QED) is 0.592. The maximum Gasteiger partial charge on any atom is 0.171 e. The minimum absolute atomic E-state index is 0.0901.